The van der Waals surface area contributed by atoms with Crippen molar-refractivity contribution < 1.29 is 9.18 Å². The summed E-state index contributed by atoms with van der Waals surface area (Å²) in [6, 6.07) is 4.63. The molecule has 2 bridgehead atoms. The molecule has 4 heterocycles. The number of aromatic nitrogens is 5. The van der Waals surface area contributed by atoms with Gasteiger partial charge in [0, 0.05) is 24.3 Å². The molecule has 9 nitrogen and oxygen atoms in total. The lowest BCUT2D eigenvalue weighted by Gasteiger charge is -2.10. The maximum atomic E-state index is 14.7. The van der Waals surface area contributed by atoms with Crippen LogP contribution in [0, 0.1) is 5.82 Å². The number of carbonyl (C=O) groups excluding carboxylic acids is 1. The molecule has 0 spiro atoms. The third-order valence-electron chi connectivity index (χ3n) is 6.42. The molecule has 0 aliphatic heterocycles. The number of hydrogen-bond donors (Lipinski definition) is 3. The molecule has 0 aromatic carbocycles. The zero-order chi connectivity index (χ0) is 23.4. The van der Waals surface area contributed by atoms with E-state index in [0.717, 1.165) is 0 Å². The predicted octanol–water partition coefficient (Wildman–Crippen LogP) is 4.13. The number of amides is 1. The Kier molecular flexibility index (Phi) is 4.80. The zero-order valence-electron chi connectivity index (χ0n) is 18.1. The number of thiophene rings is 1. The van der Waals surface area contributed by atoms with Gasteiger partial charge in [-0.05, 0) is 54.9 Å². The summed E-state index contributed by atoms with van der Waals surface area (Å²) in [5.41, 5.74) is 1.52. The van der Waals surface area contributed by atoms with Crippen molar-refractivity contribution in [3.05, 3.63) is 68.3 Å². The van der Waals surface area contributed by atoms with Crippen LogP contribution < -0.4 is 16.2 Å². The van der Waals surface area contributed by atoms with Crippen molar-refractivity contribution in [2.45, 2.75) is 31.1 Å². The van der Waals surface area contributed by atoms with Crippen LogP contribution >= 0.6 is 11.3 Å². The fourth-order valence-corrected chi connectivity index (χ4v) is 6.09. The number of fused-ring (bicyclic) bond motifs is 5. The maximum Gasteiger partial charge on any atom is 0.293 e. The van der Waals surface area contributed by atoms with Gasteiger partial charge in [-0.1, -0.05) is 0 Å². The number of anilines is 3. The first-order chi connectivity index (χ1) is 16.5. The molecule has 34 heavy (non-hydrogen) atoms. The molecular weight excluding hydrogens is 457 g/mol. The number of pyridine rings is 1. The van der Waals surface area contributed by atoms with Crippen LogP contribution in [-0.2, 0) is 7.05 Å². The largest absolute Gasteiger partial charge is 0.333 e. The average Bonchev–Trinajstić information content (AvgIpc) is 3.61. The third kappa shape index (κ3) is 3.48. The number of carbonyl (C=O) groups is 1. The molecule has 4 aromatic heterocycles. The van der Waals surface area contributed by atoms with Crippen molar-refractivity contribution in [1.29, 1.82) is 0 Å². The molecule has 0 saturated heterocycles. The highest BCUT2D eigenvalue weighted by molar-refractivity contribution is 7.14. The molecule has 1 amide bonds. The van der Waals surface area contributed by atoms with Gasteiger partial charge in [0.2, 0.25) is 0 Å². The number of nitrogens with one attached hydrogen (secondary N) is 3. The summed E-state index contributed by atoms with van der Waals surface area (Å²) >= 11 is 1.54. The van der Waals surface area contributed by atoms with Gasteiger partial charge in [-0.25, -0.2) is 14.4 Å². The van der Waals surface area contributed by atoms with Gasteiger partial charge in [-0.3, -0.25) is 14.7 Å². The predicted molar refractivity (Wildman–Crippen MR) is 126 cm³/mol. The number of hydrogen-bond acceptors (Lipinski definition) is 7. The lowest BCUT2D eigenvalue weighted by atomic mass is 9.99. The van der Waals surface area contributed by atoms with E-state index < -0.39 is 11.4 Å². The van der Waals surface area contributed by atoms with Crippen LogP contribution in [0.5, 0.6) is 0 Å². The molecule has 2 unspecified atom stereocenters. The Labute approximate surface area is 197 Å². The molecular formula is C23H20FN7O2S. The smallest absolute Gasteiger partial charge is 0.293 e. The lowest BCUT2D eigenvalue weighted by Crippen LogP contribution is -2.21. The van der Waals surface area contributed by atoms with E-state index in [-0.39, 0.29) is 28.9 Å². The second-order valence-corrected chi connectivity index (χ2v) is 9.70. The molecule has 172 valence electrons. The Morgan fingerprint density at radius 1 is 1.26 bits per heavy atom. The van der Waals surface area contributed by atoms with Gasteiger partial charge in [-0.15, -0.1) is 11.3 Å². The minimum Gasteiger partial charge on any atom is -0.333 e. The van der Waals surface area contributed by atoms with Crippen molar-refractivity contribution in [1.82, 2.24) is 24.7 Å². The monoisotopic (exact) mass is 477 g/mol. The highest BCUT2D eigenvalue weighted by atomic mass is 32.1. The summed E-state index contributed by atoms with van der Waals surface area (Å²) in [6.45, 7) is 0. The number of aromatic amines is 1. The number of halogens is 1. The SMILES string of the molecule is Cn1cc(-c2nc(NC(=O)c3cc4c(s3)C3CCC4C3)ccc2F)nc(Nc2cn[nH]c2)c1=O. The molecule has 2 atom stereocenters. The van der Waals surface area contributed by atoms with Gasteiger partial charge in [0.05, 0.1) is 16.8 Å². The molecule has 4 aromatic rings. The average molecular weight is 478 g/mol. The Bertz CT molecular complexity index is 1450. The second kappa shape index (κ2) is 7.87. The van der Waals surface area contributed by atoms with Gasteiger partial charge in [0.1, 0.15) is 17.2 Å². The van der Waals surface area contributed by atoms with Crippen LogP contribution in [0.1, 0.15) is 51.2 Å². The topological polar surface area (TPSA) is 118 Å². The van der Waals surface area contributed by atoms with Crippen LogP contribution in [0.2, 0.25) is 0 Å². The van der Waals surface area contributed by atoms with E-state index in [1.807, 2.05) is 6.07 Å². The molecule has 2 aliphatic carbocycles. The van der Waals surface area contributed by atoms with Gasteiger partial charge in [-0.2, -0.15) is 5.10 Å². The summed E-state index contributed by atoms with van der Waals surface area (Å²) in [5, 5.41) is 12.1. The molecule has 1 saturated carbocycles. The van der Waals surface area contributed by atoms with E-state index >= 15 is 0 Å². The first-order valence-electron chi connectivity index (χ1n) is 10.9. The standard InChI is InChI=1S/C23H20FN7O2S/c1-31-10-16(28-21(23(31)33)27-13-8-25-26-9-13)19-15(24)4-5-18(29-19)30-22(32)17-7-14-11-2-3-12(6-11)20(14)34-17/h4-5,7-12H,2-3,6H2,1H3,(H,25,26)(H,27,28)(H,29,30,32). The molecule has 6 rings (SSSR count). The molecule has 0 radical (unpaired) electrons. The van der Waals surface area contributed by atoms with E-state index in [9.17, 15) is 14.0 Å². The van der Waals surface area contributed by atoms with Crippen LogP contribution in [0.25, 0.3) is 11.4 Å². The highest BCUT2D eigenvalue weighted by Crippen LogP contribution is 2.55. The van der Waals surface area contributed by atoms with E-state index in [2.05, 4.69) is 30.8 Å². The number of rotatable bonds is 5. The number of aryl methyl sites for hydroxylation is 1. The van der Waals surface area contributed by atoms with Crippen LogP contribution in [0.3, 0.4) is 0 Å². The number of nitrogens with zero attached hydrogens (tertiary/aromatic N) is 4. The summed E-state index contributed by atoms with van der Waals surface area (Å²) in [4.78, 5) is 35.9. The first kappa shape index (κ1) is 20.7. The van der Waals surface area contributed by atoms with Gasteiger partial charge >= 0.3 is 0 Å². The van der Waals surface area contributed by atoms with Gasteiger partial charge in [0.15, 0.2) is 11.6 Å². The van der Waals surface area contributed by atoms with E-state index in [4.69, 9.17) is 0 Å². The van der Waals surface area contributed by atoms with E-state index in [1.165, 1.54) is 58.8 Å². The highest BCUT2D eigenvalue weighted by Gasteiger charge is 2.39. The fourth-order valence-electron chi connectivity index (χ4n) is 4.80. The zero-order valence-corrected chi connectivity index (χ0v) is 18.9. The molecule has 3 N–H and O–H groups in total. The fraction of sp³-hybridized carbons (Fsp3) is 0.261. The Morgan fingerprint density at radius 3 is 2.91 bits per heavy atom. The van der Waals surface area contributed by atoms with Crippen molar-refractivity contribution in [2.75, 3.05) is 10.6 Å². The summed E-state index contributed by atoms with van der Waals surface area (Å²) < 4.78 is 16.0. The molecule has 2 aliphatic rings. The quantitative estimate of drug-likeness (QED) is 0.398. The summed E-state index contributed by atoms with van der Waals surface area (Å²) in [7, 11) is 1.54. The molecule has 11 heteroatoms. The number of H-pyrrole nitrogens is 1. The Hall–Kier alpha value is -3.86. The second-order valence-electron chi connectivity index (χ2n) is 8.62. The summed E-state index contributed by atoms with van der Waals surface area (Å²) in [5.74, 6) is 0.485. The lowest BCUT2D eigenvalue weighted by molar-refractivity contribution is 0.103. The first-order valence-corrected chi connectivity index (χ1v) is 11.7. The van der Waals surface area contributed by atoms with E-state index in [1.54, 1.807) is 24.6 Å². The maximum absolute atomic E-state index is 14.7. The molecule has 1 fully saturated rings. The summed E-state index contributed by atoms with van der Waals surface area (Å²) in [6.07, 6.45) is 8.06. The van der Waals surface area contributed by atoms with Crippen molar-refractivity contribution in [3.63, 3.8) is 0 Å². The van der Waals surface area contributed by atoms with Crippen molar-refractivity contribution in [3.8, 4) is 11.4 Å². The van der Waals surface area contributed by atoms with Crippen LogP contribution in [0.15, 0.2) is 41.6 Å². The van der Waals surface area contributed by atoms with Gasteiger partial charge < -0.3 is 15.2 Å². The Morgan fingerprint density at radius 2 is 2.12 bits per heavy atom. The normalized spacial score (nSPS) is 18.2. The minimum absolute atomic E-state index is 0.000213. The minimum atomic E-state index is -0.620. The van der Waals surface area contributed by atoms with E-state index in [0.29, 0.717) is 22.4 Å². The van der Waals surface area contributed by atoms with Gasteiger partial charge in [0.25, 0.3) is 11.5 Å². The van der Waals surface area contributed by atoms with Crippen molar-refractivity contribution >= 4 is 34.6 Å². The van der Waals surface area contributed by atoms with Crippen molar-refractivity contribution in [2.24, 2.45) is 7.05 Å². The van der Waals surface area contributed by atoms with Crippen LogP contribution in [-0.4, -0.2) is 30.6 Å². The Balaban J connectivity index is 1.29. The van der Waals surface area contributed by atoms with Crippen LogP contribution in [0.4, 0.5) is 21.7 Å². The third-order valence-corrected chi connectivity index (χ3v) is 7.73.